The second kappa shape index (κ2) is 7.66. The molecule has 1 aromatic heterocycles. The van der Waals surface area contributed by atoms with E-state index < -0.39 is 17.9 Å². The van der Waals surface area contributed by atoms with Gasteiger partial charge < -0.3 is 9.26 Å². The summed E-state index contributed by atoms with van der Waals surface area (Å²) in [4.78, 5) is 20.8. The fourth-order valence-electron chi connectivity index (χ4n) is 1.98. The highest BCUT2D eigenvalue weighted by Crippen LogP contribution is 2.27. The Morgan fingerprint density at radius 3 is 2.44 bits per heavy atom. The zero-order valence-corrected chi connectivity index (χ0v) is 14.3. The number of ether oxygens (including phenoxy) is 1. The molecule has 1 aromatic carbocycles. The third-order valence-electron chi connectivity index (χ3n) is 3.51. The normalized spacial score (nSPS) is 12.9. The number of rotatable bonds is 7. The molecule has 1 atom stereocenters. The van der Waals surface area contributed by atoms with Crippen LogP contribution in [0, 0.1) is 0 Å². The molecule has 0 bridgehead atoms. The molecule has 0 radical (unpaired) electrons. The number of aromatic nitrogens is 2. The van der Waals surface area contributed by atoms with Crippen LogP contribution in [0.25, 0.3) is 11.4 Å². The number of carbonyl (C=O) groups is 1. The number of alkyl halides is 2. The van der Waals surface area contributed by atoms with Gasteiger partial charge in [-0.3, -0.25) is 9.63 Å². The maximum atomic E-state index is 13.1. The van der Waals surface area contributed by atoms with Gasteiger partial charge in [-0.1, -0.05) is 29.4 Å². The summed E-state index contributed by atoms with van der Waals surface area (Å²) in [6, 6.07) is 6.73. The van der Waals surface area contributed by atoms with E-state index in [2.05, 4.69) is 14.7 Å². The SMILES string of the molecule is COC(C)C(=O)N(Cc1ccc(-c2noc(C(C)(F)F)n2)cc1)OC. The third kappa shape index (κ3) is 4.58. The number of hydrogen-bond acceptors (Lipinski definition) is 6. The first-order chi connectivity index (χ1) is 11.8. The molecule has 1 heterocycles. The zero-order valence-electron chi connectivity index (χ0n) is 14.3. The highest BCUT2D eigenvalue weighted by molar-refractivity contribution is 5.79. The number of amides is 1. The number of methoxy groups -OCH3 is 1. The van der Waals surface area contributed by atoms with Crippen LogP contribution in [0.15, 0.2) is 28.8 Å². The topological polar surface area (TPSA) is 77.7 Å². The number of hydroxylamine groups is 2. The van der Waals surface area contributed by atoms with Crippen LogP contribution in [0.4, 0.5) is 8.78 Å². The molecule has 1 unspecified atom stereocenters. The molecule has 9 heteroatoms. The average Bonchev–Trinajstić information content (AvgIpc) is 3.09. The van der Waals surface area contributed by atoms with Crippen molar-refractivity contribution in [2.45, 2.75) is 32.4 Å². The lowest BCUT2D eigenvalue weighted by Crippen LogP contribution is -2.37. The van der Waals surface area contributed by atoms with Crippen LogP contribution in [0.1, 0.15) is 25.3 Å². The van der Waals surface area contributed by atoms with E-state index in [-0.39, 0.29) is 18.3 Å². The molecule has 0 saturated carbocycles. The van der Waals surface area contributed by atoms with E-state index in [0.29, 0.717) is 12.5 Å². The van der Waals surface area contributed by atoms with Crippen molar-refractivity contribution < 1.29 is 27.7 Å². The summed E-state index contributed by atoms with van der Waals surface area (Å²) in [7, 11) is 2.82. The van der Waals surface area contributed by atoms with Gasteiger partial charge in [0.15, 0.2) is 0 Å². The highest BCUT2D eigenvalue weighted by atomic mass is 19.3. The average molecular weight is 355 g/mol. The molecule has 0 aliphatic rings. The van der Waals surface area contributed by atoms with E-state index >= 15 is 0 Å². The fourth-order valence-corrected chi connectivity index (χ4v) is 1.98. The smallest absolute Gasteiger partial charge is 0.322 e. The van der Waals surface area contributed by atoms with Crippen molar-refractivity contribution in [1.82, 2.24) is 15.2 Å². The van der Waals surface area contributed by atoms with Crippen molar-refractivity contribution in [3.63, 3.8) is 0 Å². The maximum Gasteiger partial charge on any atom is 0.322 e. The Balaban J connectivity index is 2.11. The van der Waals surface area contributed by atoms with E-state index in [0.717, 1.165) is 5.56 Å². The van der Waals surface area contributed by atoms with Gasteiger partial charge in [-0.05, 0) is 12.5 Å². The highest BCUT2D eigenvalue weighted by Gasteiger charge is 2.32. The predicted octanol–water partition coefficient (Wildman–Crippen LogP) is 2.77. The Kier molecular flexibility index (Phi) is 5.81. The summed E-state index contributed by atoms with van der Waals surface area (Å²) in [5, 5.41) is 4.72. The second-order valence-corrected chi connectivity index (χ2v) is 5.44. The maximum absolute atomic E-state index is 13.1. The van der Waals surface area contributed by atoms with Gasteiger partial charge >= 0.3 is 5.92 Å². The van der Waals surface area contributed by atoms with Gasteiger partial charge in [0, 0.05) is 19.6 Å². The van der Waals surface area contributed by atoms with Crippen molar-refractivity contribution in [3.05, 3.63) is 35.7 Å². The van der Waals surface area contributed by atoms with Crippen LogP contribution in [0.3, 0.4) is 0 Å². The third-order valence-corrected chi connectivity index (χ3v) is 3.51. The standard InChI is InChI=1S/C16H19F2N3O4/c1-10(23-3)14(22)21(24-4)9-11-5-7-12(8-6-11)13-19-15(25-20-13)16(2,17)18/h5-8,10H,9H2,1-4H3. The Morgan fingerprint density at radius 2 is 1.96 bits per heavy atom. The molecular weight excluding hydrogens is 336 g/mol. The minimum absolute atomic E-state index is 0.0655. The monoisotopic (exact) mass is 355 g/mol. The van der Waals surface area contributed by atoms with Gasteiger partial charge in [0.2, 0.25) is 5.82 Å². The summed E-state index contributed by atoms with van der Waals surface area (Å²) in [5.74, 6) is -4.18. The lowest BCUT2D eigenvalue weighted by molar-refractivity contribution is -0.188. The van der Waals surface area contributed by atoms with Gasteiger partial charge in [-0.2, -0.15) is 13.8 Å². The molecule has 0 fully saturated rings. The van der Waals surface area contributed by atoms with Crippen LogP contribution < -0.4 is 0 Å². The van der Waals surface area contributed by atoms with Crippen LogP contribution in [-0.2, 0) is 26.8 Å². The first-order valence-corrected chi connectivity index (χ1v) is 7.46. The lowest BCUT2D eigenvalue weighted by atomic mass is 10.1. The van der Waals surface area contributed by atoms with Crippen LogP contribution in [-0.4, -0.2) is 41.4 Å². The second-order valence-electron chi connectivity index (χ2n) is 5.44. The zero-order chi connectivity index (χ0) is 18.6. The van der Waals surface area contributed by atoms with Crippen LogP contribution in [0.2, 0.25) is 0 Å². The van der Waals surface area contributed by atoms with Gasteiger partial charge in [0.1, 0.15) is 6.10 Å². The molecular formula is C16H19F2N3O4. The van der Waals surface area contributed by atoms with Crippen molar-refractivity contribution in [3.8, 4) is 11.4 Å². The number of halogens is 2. The molecule has 25 heavy (non-hydrogen) atoms. The molecule has 0 aliphatic heterocycles. The van der Waals surface area contributed by atoms with Gasteiger partial charge in [0.05, 0.1) is 13.7 Å². The van der Waals surface area contributed by atoms with Gasteiger partial charge in [0.25, 0.3) is 11.8 Å². The minimum Gasteiger partial charge on any atom is -0.372 e. The molecule has 0 saturated heterocycles. The van der Waals surface area contributed by atoms with Crippen molar-refractivity contribution in [2.24, 2.45) is 0 Å². The Labute approximate surface area is 143 Å². The molecule has 0 N–H and O–H groups in total. The number of benzene rings is 1. The van der Waals surface area contributed by atoms with Gasteiger partial charge in [-0.25, -0.2) is 5.06 Å². The fraction of sp³-hybridized carbons (Fsp3) is 0.438. The van der Waals surface area contributed by atoms with Crippen LogP contribution >= 0.6 is 0 Å². The van der Waals surface area contributed by atoms with E-state index in [1.165, 1.54) is 19.3 Å². The molecule has 0 spiro atoms. The molecule has 1 amide bonds. The number of carbonyl (C=O) groups excluding carboxylic acids is 1. The summed E-state index contributed by atoms with van der Waals surface area (Å²) in [6.07, 6.45) is -0.632. The largest absolute Gasteiger partial charge is 0.372 e. The predicted molar refractivity (Wildman–Crippen MR) is 83.3 cm³/mol. The summed E-state index contributed by atoms with van der Waals surface area (Å²) in [6.45, 7) is 2.51. The van der Waals surface area contributed by atoms with Crippen LogP contribution in [0.5, 0.6) is 0 Å². The number of hydrogen-bond donors (Lipinski definition) is 0. The number of nitrogens with zero attached hydrogens (tertiary/aromatic N) is 3. The summed E-state index contributed by atoms with van der Waals surface area (Å²) >= 11 is 0. The van der Waals surface area contributed by atoms with E-state index in [1.54, 1.807) is 31.2 Å². The van der Waals surface area contributed by atoms with E-state index in [4.69, 9.17) is 9.57 Å². The van der Waals surface area contributed by atoms with E-state index in [1.807, 2.05) is 0 Å². The first kappa shape index (κ1) is 18.9. The van der Waals surface area contributed by atoms with Crippen molar-refractivity contribution in [1.29, 1.82) is 0 Å². The Morgan fingerprint density at radius 1 is 1.32 bits per heavy atom. The Bertz CT molecular complexity index is 713. The molecule has 136 valence electrons. The minimum atomic E-state index is -3.19. The van der Waals surface area contributed by atoms with E-state index in [9.17, 15) is 13.6 Å². The summed E-state index contributed by atoms with van der Waals surface area (Å²) < 4.78 is 35.8. The molecule has 0 aliphatic carbocycles. The summed E-state index contributed by atoms with van der Waals surface area (Å²) in [5.41, 5.74) is 1.29. The molecule has 7 nitrogen and oxygen atoms in total. The quantitative estimate of drug-likeness (QED) is 0.711. The van der Waals surface area contributed by atoms with Gasteiger partial charge in [-0.15, -0.1) is 0 Å². The molecule has 2 rings (SSSR count). The Hall–Kier alpha value is -2.39. The lowest BCUT2D eigenvalue weighted by Gasteiger charge is -2.22. The van der Waals surface area contributed by atoms with Crippen molar-refractivity contribution >= 4 is 5.91 Å². The molecule has 2 aromatic rings. The van der Waals surface area contributed by atoms with Crippen molar-refractivity contribution in [2.75, 3.05) is 14.2 Å². The first-order valence-electron chi connectivity index (χ1n) is 7.46.